The van der Waals surface area contributed by atoms with E-state index in [0.717, 1.165) is 0 Å². The van der Waals surface area contributed by atoms with Gasteiger partial charge in [-0.15, -0.1) is 0 Å². The molecule has 0 saturated carbocycles. The molecule has 3 aromatic carbocycles. The van der Waals surface area contributed by atoms with Crippen molar-refractivity contribution >= 4 is 49.0 Å². The second-order valence-corrected chi connectivity index (χ2v) is 13.2. The van der Waals surface area contributed by atoms with E-state index < -0.39 is 5.96 Å². The van der Waals surface area contributed by atoms with Crippen LogP contribution in [0.1, 0.15) is 0 Å². The molecule has 3 rings (SSSR count). The van der Waals surface area contributed by atoms with Gasteiger partial charge in [-0.3, -0.25) is 0 Å². The molecule has 0 aliphatic rings. The van der Waals surface area contributed by atoms with Crippen LogP contribution in [0.15, 0.2) is 91.0 Å². The summed E-state index contributed by atoms with van der Waals surface area (Å²) in [5, 5.41) is 4.26. The Balaban J connectivity index is 2.41. The maximum atomic E-state index is 7.64. The predicted octanol–water partition coefficient (Wildman–Crippen LogP) is 5.02. The normalized spacial score (nSPS) is 13.3. The van der Waals surface area contributed by atoms with Crippen molar-refractivity contribution in [2.75, 3.05) is 5.07 Å². The summed E-state index contributed by atoms with van der Waals surface area (Å²) < 4.78 is 0. The first-order valence-corrected chi connectivity index (χ1v) is 11.6. The minimum absolute atomic E-state index is 0.707. The molecular formula is C19H17BrClP. The fourth-order valence-electron chi connectivity index (χ4n) is 2.87. The Hall–Kier alpha value is -1.14. The summed E-state index contributed by atoms with van der Waals surface area (Å²) in [6.07, 6.45) is 0. The van der Waals surface area contributed by atoms with Crippen molar-refractivity contribution in [3.05, 3.63) is 91.0 Å². The number of halogens is 2. The van der Waals surface area contributed by atoms with E-state index in [4.69, 9.17) is 11.2 Å². The van der Waals surface area contributed by atoms with Gasteiger partial charge in [-0.25, -0.2) is 0 Å². The van der Waals surface area contributed by atoms with Gasteiger partial charge in [-0.2, -0.15) is 0 Å². The van der Waals surface area contributed by atoms with Crippen LogP contribution in [0.2, 0.25) is 0 Å². The number of alkyl halides is 1. The van der Waals surface area contributed by atoms with Crippen molar-refractivity contribution in [1.82, 2.24) is 0 Å². The van der Waals surface area contributed by atoms with Gasteiger partial charge < -0.3 is 0 Å². The number of hydrogen-bond acceptors (Lipinski definition) is 0. The number of hydrogen-bond donors (Lipinski definition) is 0. The molecule has 3 aromatic rings. The maximum absolute atomic E-state index is 7.64. The third-order valence-electron chi connectivity index (χ3n) is 4.11. The van der Waals surface area contributed by atoms with Crippen LogP contribution in [0.4, 0.5) is 0 Å². The van der Waals surface area contributed by atoms with Gasteiger partial charge in [0.2, 0.25) is 0 Å². The van der Waals surface area contributed by atoms with Crippen LogP contribution < -0.4 is 15.9 Å². The Morgan fingerprint density at radius 1 is 0.591 bits per heavy atom. The topological polar surface area (TPSA) is 0 Å². The fourth-order valence-corrected chi connectivity index (χ4v) is 10.2. The molecule has 0 amide bonds. The summed E-state index contributed by atoms with van der Waals surface area (Å²) >= 11 is 11.4. The van der Waals surface area contributed by atoms with Crippen LogP contribution in [0.5, 0.6) is 0 Å². The molecule has 0 aliphatic heterocycles. The first-order valence-electron chi connectivity index (χ1n) is 7.16. The summed E-state index contributed by atoms with van der Waals surface area (Å²) in [6, 6.07) is 31.3. The standard InChI is InChI=1S/C19H17BrClP/c20-16-22(21,17-10-4-1-5-11-17,18-12-6-2-7-13-18)19-14-8-3-9-15-19/h1-15H,16H2. The fraction of sp³-hybridized carbons (Fsp3) is 0.0526. The van der Waals surface area contributed by atoms with Gasteiger partial charge in [0.15, 0.2) is 0 Å². The van der Waals surface area contributed by atoms with Crippen LogP contribution in [0.25, 0.3) is 0 Å². The van der Waals surface area contributed by atoms with E-state index in [9.17, 15) is 0 Å². The Morgan fingerprint density at radius 3 is 1.09 bits per heavy atom. The van der Waals surface area contributed by atoms with Crippen molar-refractivity contribution in [1.29, 1.82) is 0 Å². The van der Waals surface area contributed by atoms with E-state index in [-0.39, 0.29) is 0 Å². The first-order chi connectivity index (χ1) is 10.7. The van der Waals surface area contributed by atoms with Gasteiger partial charge >= 0.3 is 145 Å². The van der Waals surface area contributed by atoms with E-state index in [1.807, 2.05) is 18.2 Å². The molecule has 22 heavy (non-hydrogen) atoms. The van der Waals surface area contributed by atoms with Gasteiger partial charge in [-0.1, -0.05) is 0 Å². The average molecular weight is 392 g/mol. The molecule has 0 fully saturated rings. The van der Waals surface area contributed by atoms with Crippen LogP contribution in [-0.4, -0.2) is 5.07 Å². The van der Waals surface area contributed by atoms with Gasteiger partial charge in [0.1, 0.15) is 0 Å². The summed E-state index contributed by atoms with van der Waals surface area (Å²) in [7, 11) is 0. The van der Waals surface area contributed by atoms with Crippen molar-refractivity contribution < 1.29 is 0 Å². The molecule has 0 bridgehead atoms. The average Bonchev–Trinajstić information content (AvgIpc) is 2.63. The minimum atomic E-state index is -3.01. The molecule has 0 N–H and O–H groups in total. The van der Waals surface area contributed by atoms with Crippen LogP contribution >= 0.6 is 33.1 Å². The number of rotatable bonds is 4. The Bertz CT molecular complexity index is 645. The molecule has 0 heterocycles. The van der Waals surface area contributed by atoms with Crippen molar-refractivity contribution in [3.8, 4) is 0 Å². The van der Waals surface area contributed by atoms with E-state index in [0.29, 0.717) is 5.07 Å². The van der Waals surface area contributed by atoms with Crippen molar-refractivity contribution in [2.45, 2.75) is 0 Å². The Kier molecular flexibility index (Phi) is 4.41. The molecule has 0 radical (unpaired) electrons. The second kappa shape index (κ2) is 6.16. The van der Waals surface area contributed by atoms with Crippen molar-refractivity contribution in [2.24, 2.45) is 0 Å². The third kappa shape index (κ3) is 2.33. The quantitative estimate of drug-likeness (QED) is 0.432. The van der Waals surface area contributed by atoms with Crippen LogP contribution in [0.3, 0.4) is 0 Å². The molecule has 0 atom stereocenters. The molecule has 0 spiro atoms. The predicted molar refractivity (Wildman–Crippen MR) is 105 cm³/mol. The zero-order valence-corrected chi connectivity index (χ0v) is 15.3. The van der Waals surface area contributed by atoms with Crippen LogP contribution in [-0.2, 0) is 0 Å². The molecular weight excluding hydrogens is 375 g/mol. The number of benzene rings is 3. The Morgan fingerprint density at radius 2 is 0.864 bits per heavy atom. The molecule has 0 saturated heterocycles. The zero-order valence-electron chi connectivity index (χ0n) is 12.1. The van der Waals surface area contributed by atoms with Gasteiger partial charge in [0.25, 0.3) is 0 Å². The molecule has 112 valence electrons. The van der Waals surface area contributed by atoms with Gasteiger partial charge in [-0.05, 0) is 0 Å². The second-order valence-electron chi connectivity index (χ2n) is 5.31. The molecule has 0 aliphatic carbocycles. The monoisotopic (exact) mass is 390 g/mol. The van der Waals surface area contributed by atoms with Gasteiger partial charge in [0.05, 0.1) is 0 Å². The third-order valence-corrected chi connectivity index (χ3v) is 14.7. The molecule has 0 nitrogen and oxygen atoms in total. The Labute approximate surface area is 145 Å². The van der Waals surface area contributed by atoms with E-state index in [2.05, 4.69) is 88.7 Å². The zero-order chi connectivity index (χ0) is 15.5. The molecule has 0 aromatic heterocycles. The van der Waals surface area contributed by atoms with E-state index in [1.54, 1.807) is 0 Å². The summed E-state index contributed by atoms with van der Waals surface area (Å²) in [6.45, 7) is 0. The summed E-state index contributed by atoms with van der Waals surface area (Å²) in [5.74, 6) is -3.01. The molecule has 0 unspecified atom stereocenters. The van der Waals surface area contributed by atoms with E-state index >= 15 is 0 Å². The first kappa shape index (κ1) is 15.7. The van der Waals surface area contributed by atoms with Gasteiger partial charge in [0, 0.05) is 0 Å². The van der Waals surface area contributed by atoms with E-state index in [1.165, 1.54) is 15.9 Å². The molecule has 3 heteroatoms. The summed E-state index contributed by atoms with van der Waals surface area (Å²) in [5.41, 5.74) is 0. The summed E-state index contributed by atoms with van der Waals surface area (Å²) in [4.78, 5) is 0. The SMILES string of the molecule is ClP(CBr)(c1ccccc1)(c1ccccc1)c1ccccc1. The van der Waals surface area contributed by atoms with Crippen molar-refractivity contribution in [3.63, 3.8) is 0 Å². The van der Waals surface area contributed by atoms with Crippen LogP contribution in [0, 0.1) is 0 Å².